The lowest BCUT2D eigenvalue weighted by Crippen LogP contribution is -2.64. The highest BCUT2D eigenvalue weighted by Gasteiger charge is 2.41. The average molecular weight is 290 g/mol. The van der Waals surface area contributed by atoms with Gasteiger partial charge in [0.15, 0.2) is 11.5 Å². The Kier molecular flexibility index (Phi) is 3.23. The van der Waals surface area contributed by atoms with E-state index >= 15 is 0 Å². The number of fused-ring (bicyclic) bond motifs is 1. The summed E-state index contributed by atoms with van der Waals surface area (Å²) in [7, 11) is 0. The molecule has 2 aliphatic rings. The van der Waals surface area contributed by atoms with Gasteiger partial charge in [0.05, 0.1) is 5.54 Å². The fourth-order valence-corrected chi connectivity index (χ4v) is 2.52. The predicted octanol–water partition coefficient (Wildman–Crippen LogP) is 0.563. The standard InChI is InChI=1S/C15H18N2O4/c1-15(2)9-16-13(18)7-17(15)14(19)12-8-20-10-5-3-4-6-11(10)21-12/h3-6,12H,7-9H2,1-2H3,(H,16,18). The van der Waals surface area contributed by atoms with Crippen molar-refractivity contribution in [2.75, 3.05) is 19.7 Å². The Labute approximate surface area is 123 Å². The number of carbonyl (C=O) groups excluding carboxylic acids is 2. The van der Waals surface area contributed by atoms with Gasteiger partial charge >= 0.3 is 0 Å². The van der Waals surface area contributed by atoms with Crippen molar-refractivity contribution in [3.05, 3.63) is 24.3 Å². The van der Waals surface area contributed by atoms with Crippen molar-refractivity contribution >= 4 is 11.8 Å². The molecule has 0 spiro atoms. The van der Waals surface area contributed by atoms with Gasteiger partial charge in [-0.3, -0.25) is 9.59 Å². The van der Waals surface area contributed by atoms with Crippen LogP contribution in [0.4, 0.5) is 0 Å². The van der Waals surface area contributed by atoms with E-state index in [1.165, 1.54) is 0 Å². The zero-order valence-corrected chi connectivity index (χ0v) is 12.1. The number of amides is 2. The lowest BCUT2D eigenvalue weighted by molar-refractivity contribution is -0.152. The first-order chi connectivity index (χ1) is 9.97. The van der Waals surface area contributed by atoms with Crippen molar-refractivity contribution in [2.24, 2.45) is 0 Å². The molecule has 0 saturated carbocycles. The summed E-state index contributed by atoms with van der Waals surface area (Å²) in [6, 6.07) is 7.24. The molecule has 2 aliphatic heterocycles. The summed E-state index contributed by atoms with van der Waals surface area (Å²) in [5, 5.41) is 2.77. The topological polar surface area (TPSA) is 67.9 Å². The molecule has 0 bridgehead atoms. The number of carbonyl (C=O) groups is 2. The number of nitrogens with zero attached hydrogens (tertiary/aromatic N) is 1. The van der Waals surface area contributed by atoms with Crippen LogP contribution in [0.1, 0.15) is 13.8 Å². The maximum atomic E-state index is 12.7. The number of nitrogens with one attached hydrogen (secondary N) is 1. The average Bonchev–Trinajstić information content (AvgIpc) is 2.48. The third-order valence-corrected chi connectivity index (χ3v) is 3.80. The molecule has 112 valence electrons. The van der Waals surface area contributed by atoms with Crippen LogP contribution in [0, 0.1) is 0 Å². The molecule has 0 radical (unpaired) electrons. The van der Waals surface area contributed by atoms with Crippen LogP contribution in [0.2, 0.25) is 0 Å². The van der Waals surface area contributed by atoms with E-state index in [1.54, 1.807) is 17.0 Å². The minimum absolute atomic E-state index is 0.0489. The summed E-state index contributed by atoms with van der Waals surface area (Å²) in [6.45, 7) is 4.48. The Hall–Kier alpha value is -2.24. The van der Waals surface area contributed by atoms with E-state index in [9.17, 15) is 9.59 Å². The van der Waals surface area contributed by atoms with Gasteiger partial charge in [-0.15, -0.1) is 0 Å². The second-order valence-corrected chi connectivity index (χ2v) is 5.88. The van der Waals surface area contributed by atoms with Gasteiger partial charge in [-0.2, -0.15) is 0 Å². The molecule has 21 heavy (non-hydrogen) atoms. The van der Waals surface area contributed by atoms with E-state index in [1.807, 2.05) is 26.0 Å². The lowest BCUT2D eigenvalue weighted by atomic mass is 9.99. The maximum Gasteiger partial charge on any atom is 0.268 e. The van der Waals surface area contributed by atoms with Gasteiger partial charge in [-0.25, -0.2) is 0 Å². The Morgan fingerprint density at radius 3 is 2.81 bits per heavy atom. The molecule has 6 nitrogen and oxygen atoms in total. The van der Waals surface area contributed by atoms with Gasteiger partial charge in [-0.1, -0.05) is 12.1 Å². The molecule has 1 atom stereocenters. The molecular formula is C15H18N2O4. The minimum Gasteiger partial charge on any atom is -0.485 e. The van der Waals surface area contributed by atoms with E-state index in [2.05, 4.69) is 5.32 Å². The third kappa shape index (κ3) is 2.53. The second-order valence-electron chi connectivity index (χ2n) is 5.88. The second kappa shape index (κ2) is 4.95. The highest BCUT2D eigenvalue weighted by molar-refractivity contribution is 5.89. The number of piperazine rings is 1. The Morgan fingerprint density at radius 1 is 1.33 bits per heavy atom. The summed E-state index contributed by atoms with van der Waals surface area (Å²) in [5.74, 6) is 0.822. The molecule has 6 heteroatoms. The van der Waals surface area contributed by atoms with Gasteiger partial charge in [0.1, 0.15) is 13.2 Å². The molecule has 1 saturated heterocycles. The molecule has 2 heterocycles. The molecule has 1 fully saturated rings. The van der Waals surface area contributed by atoms with Crippen molar-refractivity contribution in [3.8, 4) is 11.5 Å². The van der Waals surface area contributed by atoms with Gasteiger partial charge in [0.25, 0.3) is 5.91 Å². The predicted molar refractivity (Wildman–Crippen MR) is 75.2 cm³/mol. The molecular weight excluding hydrogens is 272 g/mol. The third-order valence-electron chi connectivity index (χ3n) is 3.80. The van der Waals surface area contributed by atoms with E-state index in [0.29, 0.717) is 18.0 Å². The van der Waals surface area contributed by atoms with E-state index in [0.717, 1.165) is 0 Å². The van der Waals surface area contributed by atoms with Crippen LogP contribution in [-0.2, 0) is 9.59 Å². The van der Waals surface area contributed by atoms with E-state index < -0.39 is 11.6 Å². The first-order valence-electron chi connectivity index (χ1n) is 6.94. The summed E-state index contributed by atoms with van der Waals surface area (Å²) in [5.41, 5.74) is -0.439. The fourth-order valence-electron chi connectivity index (χ4n) is 2.52. The summed E-state index contributed by atoms with van der Waals surface area (Å²) in [6.07, 6.45) is -0.718. The van der Waals surface area contributed by atoms with Gasteiger partial charge in [0, 0.05) is 6.54 Å². The molecule has 0 aliphatic carbocycles. The van der Waals surface area contributed by atoms with Crippen LogP contribution in [-0.4, -0.2) is 48.1 Å². The van der Waals surface area contributed by atoms with Crippen LogP contribution >= 0.6 is 0 Å². The SMILES string of the molecule is CC1(C)CNC(=O)CN1C(=O)C1COc2ccccc2O1. The fraction of sp³-hybridized carbons (Fsp3) is 0.467. The molecule has 3 rings (SSSR count). The van der Waals surface area contributed by atoms with Crippen LogP contribution in [0.3, 0.4) is 0 Å². The Morgan fingerprint density at radius 2 is 2.05 bits per heavy atom. The van der Waals surface area contributed by atoms with E-state index in [-0.39, 0.29) is 25.0 Å². The monoisotopic (exact) mass is 290 g/mol. The van der Waals surface area contributed by atoms with E-state index in [4.69, 9.17) is 9.47 Å². The molecule has 1 N–H and O–H groups in total. The van der Waals surface area contributed by atoms with Crippen LogP contribution in [0.25, 0.3) is 0 Å². The quantitative estimate of drug-likeness (QED) is 0.821. The normalized spacial score (nSPS) is 23.4. The first-order valence-corrected chi connectivity index (χ1v) is 6.94. The Bertz CT molecular complexity index is 585. The number of para-hydroxylation sites is 2. The highest BCUT2D eigenvalue weighted by atomic mass is 16.6. The van der Waals surface area contributed by atoms with Crippen LogP contribution in [0.5, 0.6) is 11.5 Å². The number of rotatable bonds is 1. The van der Waals surface area contributed by atoms with Crippen molar-refractivity contribution < 1.29 is 19.1 Å². The zero-order valence-electron chi connectivity index (χ0n) is 12.1. The van der Waals surface area contributed by atoms with Crippen molar-refractivity contribution in [2.45, 2.75) is 25.5 Å². The smallest absolute Gasteiger partial charge is 0.268 e. The van der Waals surface area contributed by atoms with Crippen molar-refractivity contribution in [3.63, 3.8) is 0 Å². The number of ether oxygens (including phenoxy) is 2. The maximum absolute atomic E-state index is 12.7. The number of benzene rings is 1. The number of hydrogen-bond donors (Lipinski definition) is 1. The summed E-state index contributed by atoms with van der Waals surface area (Å²) in [4.78, 5) is 25.8. The molecule has 0 aromatic heterocycles. The molecule has 2 amide bonds. The molecule has 1 unspecified atom stereocenters. The van der Waals surface area contributed by atoms with Gasteiger partial charge < -0.3 is 19.7 Å². The Balaban J connectivity index is 1.78. The van der Waals surface area contributed by atoms with Crippen molar-refractivity contribution in [1.29, 1.82) is 0 Å². The van der Waals surface area contributed by atoms with Crippen LogP contribution in [0.15, 0.2) is 24.3 Å². The zero-order chi connectivity index (χ0) is 15.0. The highest BCUT2D eigenvalue weighted by Crippen LogP contribution is 2.32. The van der Waals surface area contributed by atoms with Gasteiger partial charge in [0.2, 0.25) is 12.0 Å². The molecule has 1 aromatic rings. The molecule has 1 aromatic carbocycles. The van der Waals surface area contributed by atoms with Crippen molar-refractivity contribution in [1.82, 2.24) is 10.2 Å². The van der Waals surface area contributed by atoms with Gasteiger partial charge in [-0.05, 0) is 26.0 Å². The summed E-state index contributed by atoms with van der Waals surface area (Å²) >= 11 is 0. The number of hydrogen-bond acceptors (Lipinski definition) is 4. The van der Waals surface area contributed by atoms with Crippen LogP contribution < -0.4 is 14.8 Å². The first kappa shape index (κ1) is 13.7. The summed E-state index contributed by atoms with van der Waals surface area (Å²) < 4.78 is 11.3. The lowest BCUT2D eigenvalue weighted by Gasteiger charge is -2.43. The minimum atomic E-state index is -0.718. The largest absolute Gasteiger partial charge is 0.485 e.